The number of ether oxygens (including phenoxy) is 3. The van der Waals surface area contributed by atoms with E-state index in [1.165, 1.54) is 24.3 Å². The molecule has 6 heteroatoms. The first-order valence-corrected chi connectivity index (χ1v) is 8.03. The molecule has 0 saturated heterocycles. The van der Waals surface area contributed by atoms with Crippen LogP contribution in [0.15, 0.2) is 66.9 Å². The maximum Gasteiger partial charge on any atom is 0.213 e. The Labute approximate surface area is 150 Å². The van der Waals surface area contributed by atoms with Gasteiger partial charge in [0.15, 0.2) is 0 Å². The van der Waals surface area contributed by atoms with Crippen LogP contribution in [0.2, 0.25) is 0 Å². The molecule has 0 aliphatic heterocycles. The van der Waals surface area contributed by atoms with Crippen molar-refractivity contribution < 1.29 is 23.0 Å². The molecule has 0 N–H and O–H groups in total. The molecule has 3 rings (SSSR count). The van der Waals surface area contributed by atoms with Gasteiger partial charge in [0.25, 0.3) is 0 Å². The van der Waals surface area contributed by atoms with Crippen molar-refractivity contribution in [3.8, 4) is 23.1 Å². The van der Waals surface area contributed by atoms with Gasteiger partial charge in [-0.25, -0.2) is 13.8 Å². The van der Waals surface area contributed by atoms with Crippen LogP contribution in [-0.4, -0.2) is 17.7 Å². The second-order valence-electron chi connectivity index (χ2n) is 5.58. The predicted octanol–water partition coefficient (Wildman–Crippen LogP) is 5.00. The Hall–Kier alpha value is -3.15. The number of pyridine rings is 1. The van der Waals surface area contributed by atoms with Crippen LogP contribution < -0.4 is 14.2 Å². The van der Waals surface area contributed by atoms with Crippen molar-refractivity contribution in [1.82, 2.24) is 4.98 Å². The number of aromatic nitrogens is 1. The SMILES string of the molecule is CC(COc1ccc(Oc2cccc(F)c2)cc1)Oc1ccc(F)cn1. The fourth-order valence-electron chi connectivity index (χ4n) is 2.16. The van der Waals surface area contributed by atoms with E-state index < -0.39 is 5.82 Å². The van der Waals surface area contributed by atoms with Gasteiger partial charge in [-0.2, -0.15) is 0 Å². The lowest BCUT2D eigenvalue weighted by atomic mass is 10.3. The summed E-state index contributed by atoms with van der Waals surface area (Å²) in [7, 11) is 0. The molecule has 0 radical (unpaired) electrons. The third kappa shape index (κ3) is 5.17. The van der Waals surface area contributed by atoms with Crippen LogP contribution in [0.5, 0.6) is 23.1 Å². The summed E-state index contributed by atoms with van der Waals surface area (Å²) >= 11 is 0. The van der Waals surface area contributed by atoms with Crippen molar-refractivity contribution in [2.75, 3.05) is 6.61 Å². The van der Waals surface area contributed by atoms with E-state index in [0.29, 0.717) is 29.7 Å². The lowest BCUT2D eigenvalue weighted by Crippen LogP contribution is -2.21. The first-order valence-electron chi connectivity index (χ1n) is 8.03. The van der Waals surface area contributed by atoms with Crippen molar-refractivity contribution >= 4 is 0 Å². The molecular formula is C20H17F2NO3. The van der Waals surface area contributed by atoms with Gasteiger partial charge in [0.1, 0.15) is 41.6 Å². The summed E-state index contributed by atoms with van der Waals surface area (Å²) in [5.41, 5.74) is 0. The summed E-state index contributed by atoms with van der Waals surface area (Å²) in [5, 5.41) is 0. The van der Waals surface area contributed by atoms with Crippen LogP contribution in [0.4, 0.5) is 8.78 Å². The van der Waals surface area contributed by atoms with E-state index in [-0.39, 0.29) is 11.9 Å². The number of nitrogens with zero attached hydrogens (tertiary/aromatic N) is 1. The quantitative estimate of drug-likeness (QED) is 0.597. The maximum absolute atomic E-state index is 13.2. The first-order chi connectivity index (χ1) is 12.6. The molecule has 1 atom stereocenters. The van der Waals surface area contributed by atoms with Crippen molar-refractivity contribution in [1.29, 1.82) is 0 Å². The Balaban J connectivity index is 1.50. The zero-order chi connectivity index (χ0) is 18.4. The third-order valence-corrected chi connectivity index (χ3v) is 3.36. The first kappa shape index (κ1) is 17.7. The number of halogens is 2. The molecule has 0 aliphatic rings. The van der Waals surface area contributed by atoms with Crippen molar-refractivity contribution in [2.24, 2.45) is 0 Å². The molecule has 1 aromatic heterocycles. The molecule has 4 nitrogen and oxygen atoms in total. The van der Waals surface area contributed by atoms with E-state index in [0.717, 1.165) is 6.20 Å². The van der Waals surface area contributed by atoms with E-state index in [1.807, 2.05) is 6.92 Å². The summed E-state index contributed by atoms with van der Waals surface area (Å²) in [6.45, 7) is 2.12. The maximum atomic E-state index is 13.2. The van der Waals surface area contributed by atoms with E-state index in [1.54, 1.807) is 36.4 Å². The van der Waals surface area contributed by atoms with Crippen LogP contribution in [0.3, 0.4) is 0 Å². The minimum Gasteiger partial charge on any atom is -0.490 e. The molecule has 0 spiro atoms. The van der Waals surface area contributed by atoms with Gasteiger partial charge in [-0.15, -0.1) is 0 Å². The molecule has 134 valence electrons. The molecule has 26 heavy (non-hydrogen) atoms. The van der Waals surface area contributed by atoms with Gasteiger partial charge in [-0.1, -0.05) is 6.07 Å². The number of rotatable bonds is 7. The van der Waals surface area contributed by atoms with Crippen LogP contribution >= 0.6 is 0 Å². The van der Waals surface area contributed by atoms with Gasteiger partial charge >= 0.3 is 0 Å². The van der Waals surface area contributed by atoms with Gasteiger partial charge < -0.3 is 14.2 Å². The molecule has 0 aliphatic carbocycles. The molecule has 2 aromatic carbocycles. The Morgan fingerprint density at radius 2 is 1.65 bits per heavy atom. The highest BCUT2D eigenvalue weighted by molar-refractivity contribution is 5.35. The summed E-state index contributed by atoms with van der Waals surface area (Å²) in [6, 6.07) is 15.6. The lowest BCUT2D eigenvalue weighted by molar-refractivity contribution is 0.138. The highest BCUT2D eigenvalue weighted by atomic mass is 19.1. The van der Waals surface area contributed by atoms with Crippen molar-refractivity contribution in [3.63, 3.8) is 0 Å². The third-order valence-electron chi connectivity index (χ3n) is 3.36. The number of hydrogen-bond donors (Lipinski definition) is 0. The average molecular weight is 357 g/mol. The van der Waals surface area contributed by atoms with E-state index in [2.05, 4.69) is 4.98 Å². The van der Waals surface area contributed by atoms with Gasteiger partial charge in [-0.3, -0.25) is 0 Å². The highest BCUT2D eigenvalue weighted by Gasteiger charge is 2.07. The summed E-state index contributed by atoms with van der Waals surface area (Å²) in [5.74, 6) is 1.20. The molecule has 0 saturated carbocycles. The predicted molar refractivity (Wildman–Crippen MR) is 92.7 cm³/mol. The molecule has 1 heterocycles. The molecule has 1 unspecified atom stereocenters. The smallest absolute Gasteiger partial charge is 0.213 e. The summed E-state index contributed by atoms with van der Waals surface area (Å²) in [4.78, 5) is 3.83. The summed E-state index contributed by atoms with van der Waals surface area (Å²) < 4.78 is 42.7. The van der Waals surface area contributed by atoms with Crippen LogP contribution in [0.25, 0.3) is 0 Å². The van der Waals surface area contributed by atoms with Gasteiger partial charge in [0.2, 0.25) is 5.88 Å². The minimum absolute atomic E-state index is 0.267. The monoisotopic (exact) mass is 357 g/mol. The van der Waals surface area contributed by atoms with E-state index >= 15 is 0 Å². The van der Waals surface area contributed by atoms with E-state index in [4.69, 9.17) is 14.2 Å². The summed E-state index contributed by atoms with van der Waals surface area (Å²) in [6.07, 6.45) is 0.830. The number of hydrogen-bond acceptors (Lipinski definition) is 4. The van der Waals surface area contributed by atoms with Crippen LogP contribution in [-0.2, 0) is 0 Å². The Bertz CT molecular complexity index is 838. The Morgan fingerprint density at radius 3 is 2.35 bits per heavy atom. The zero-order valence-corrected chi connectivity index (χ0v) is 14.1. The highest BCUT2D eigenvalue weighted by Crippen LogP contribution is 2.24. The second-order valence-corrected chi connectivity index (χ2v) is 5.58. The van der Waals surface area contributed by atoms with Crippen LogP contribution in [0.1, 0.15) is 6.92 Å². The minimum atomic E-state index is -0.415. The fourth-order valence-corrected chi connectivity index (χ4v) is 2.16. The molecule has 0 bridgehead atoms. The van der Waals surface area contributed by atoms with Gasteiger partial charge in [-0.05, 0) is 49.4 Å². The topological polar surface area (TPSA) is 40.6 Å². The van der Waals surface area contributed by atoms with Gasteiger partial charge in [0, 0.05) is 12.1 Å². The molecular weight excluding hydrogens is 340 g/mol. The van der Waals surface area contributed by atoms with E-state index in [9.17, 15) is 8.78 Å². The Kier molecular flexibility index (Phi) is 5.63. The number of benzene rings is 2. The second kappa shape index (κ2) is 8.29. The largest absolute Gasteiger partial charge is 0.490 e. The van der Waals surface area contributed by atoms with Crippen molar-refractivity contribution in [3.05, 3.63) is 78.5 Å². The molecule has 0 amide bonds. The molecule has 0 fully saturated rings. The van der Waals surface area contributed by atoms with Gasteiger partial charge in [0.05, 0.1) is 6.20 Å². The molecule has 3 aromatic rings. The zero-order valence-electron chi connectivity index (χ0n) is 14.1. The lowest BCUT2D eigenvalue weighted by Gasteiger charge is -2.15. The average Bonchev–Trinajstić information content (AvgIpc) is 2.63. The fraction of sp³-hybridized carbons (Fsp3) is 0.150. The Morgan fingerprint density at radius 1 is 0.885 bits per heavy atom. The van der Waals surface area contributed by atoms with Crippen molar-refractivity contribution in [2.45, 2.75) is 13.0 Å². The van der Waals surface area contributed by atoms with Crippen LogP contribution in [0, 0.1) is 11.6 Å². The standard InChI is InChI=1S/C20H17F2NO3/c1-14(25-20-10-5-16(22)12-23-20)13-24-17-6-8-18(9-7-17)26-19-4-2-3-15(21)11-19/h2-12,14H,13H2,1H3. The normalized spacial score (nSPS) is 11.7.